The van der Waals surface area contributed by atoms with Gasteiger partial charge in [0.05, 0.1) is 0 Å². The van der Waals surface area contributed by atoms with Gasteiger partial charge in [-0.05, 0) is 72.2 Å². The van der Waals surface area contributed by atoms with E-state index in [1.54, 1.807) is 5.57 Å². The van der Waals surface area contributed by atoms with Crippen LogP contribution in [0.2, 0.25) is 0 Å². The first-order valence-electron chi connectivity index (χ1n) is 8.75. The molecule has 4 rings (SSSR count). The first-order valence-corrected chi connectivity index (χ1v) is 10.3. The number of hydrogen-bond donors (Lipinski definition) is 0. The van der Waals surface area contributed by atoms with Crippen LogP contribution >= 0.6 is 31.9 Å². The van der Waals surface area contributed by atoms with Gasteiger partial charge in [0.1, 0.15) is 0 Å². The molecule has 0 fully saturated rings. The molecule has 25 heavy (non-hydrogen) atoms. The summed E-state index contributed by atoms with van der Waals surface area (Å²) >= 11 is 7.38. The Kier molecular flexibility index (Phi) is 4.12. The van der Waals surface area contributed by atoms with Crippen LogP contribution in [0.3, 0.4) is 0 Å². The van der Waals surface area contributed by atoms with E-state index in [0.717, 1.165) is 15.4 Å². The summed E-state index contributed by atoms with van der Waals surface area (Å²) < 4.78 is 2.31. The maximum atomic E-state index is 3.69. The standard InChI is InChI=1S/C23H22Br2/c1-13-9-15(10-14(13)2)23(3,4)22-20-11-16(24)5-7-18(20)19-8-6-17(25)12-21(19)22/h5-9,11-12,22H,10H2,1-4H3. The molecular formula is C23H22Br2. The van der Waals surface area contributed by atoms with Gasteiger partial charge in [0.25, 0.3) is 0 Å². The van der Waals surface area contributed by atoms with E-state index in [9.17, 15) is 0 Å². The molecule has 0 radical (unpaired) electrons. The molecule has 0 N–H and O–H groups in total. The van der Waals surface area contributed by atoms with Crippen LogP contribution in [0.1, 0.15) is 51.2 Å². The van der Waals surface area contributed by atoms with E-state index in [1.165, 1.54) is 33.4 Å². The Morgan fingerprint density at radius 1 is 0.880 bits per heavy atom. The third-order valence-electron chi connectivity index (χ3n) is 6.01. The topological polar surface area (TPSA) is 0 Å². The van der Waals surface area contributed by atoms with Gasteiger partial charge in [-0.2, -0.15) is 0 Å². The minimum absolute atomic E-state index is 0.0700. The summed E-state index contributed by atoms with van der Waals surface area (Å²) in [5.41, 5.74) is 10.2. The minimum atomic E-state index is 0.0700. The summed E-state index contributed by atoms with van der Waals surface area (Å²) in [6, 6.07) is 13.5. The molecular weight excluding hydrogens is 436 g/mol. The molecule has 0 saturated carbocycles. The number of rotatable bonds is 2. The normalized spacial score (nSPS) is 17.0. The van der Waals surface area contributed by atoms with Crippen LogP contribution in [0.5, 0.6) is 0 Å². The zero-order valence-electron chi connectivity index (χ0n) is 15.1. The average molecular weight is 458 g/mol. The van der Waals surface area contributed by atoms with Gasteiger partial charge in [-0.3, -0.25) is 0 Å². The van der Waals surface area contributed by atoms with Crippen molar-refractivity contribution in [1.82, 2.24) is 0 Å². The smallest absolute Gasteiger partial charge is 0.0191 e. The molecule has 0 bridgehead atoms. The van der Waals surface area contributed by atoms with Crippen molar-refractivity contribution in [3.05, 3.63) is 79.3 Å². The van der Waals surface area contributed by atoms with Crippen molar-refractivity contribution in [2.45, 2.75) is 40.0 Å². The molecule has 0 amide bonds. The average Bonchev–Trinajstić information content (AvgIpc) is 3.04. The molecule has 2 aliphatic rings. The Morgan fingerprint density at radius 2 is 1.40 bits per heavy atom. The minimum Gasteiger partial charge on any atom is -0.0663 e. The zero-order chi connectivity index (χ0) is 17.9. The highest BCUT2D eigenvalue weighted by Gasteiger charge is 2.42. The van der Waals surface area contributed by atoms with Crippen molar-refractivity contribution in [2.75, 3.05) is 0 Å². The lowest BCUT2D eigenvalue weighted by Gasteiger charge is -2.35. The monoisotopic (exact) mass is 456 g/mol. The van der Waals surface area contributed by atoms with E-state index in [2.05, 4.69) is 102 Å². The van der Waals surface area contributed by atoms with E-state index in [-0.39, 0.29) is 5.41 Å². The van der Waals surface area contributed by atoms with E-state index in [4.69, 9.17) is 0 Å². The Bertz CT molecular complexity index is 893. The SMILES string of the molecule is CC1=C(C)CC(C(C)(C)C2c3cc(Br)ccc3-c3ccc(Br)cc32)=C1. The third-order valence-corrected chi connectivity index (χ3v) is 6.99. The molecule has 0 aliphatic heterocycles. The van der Waals surface area contributed by atoms with Crippen LogP contribution in [0.25, 0.3) is 11.1 Å². The highest BCUT2D eigenvalue weighted by molar-refractivity contribution is 9.10. The van der Waals surface area contributed by atoms with Crippen LogP contribution in [0.15, 0.2) is 68.1 Å². The summed E-state index contributed by atoms with van der Waals surface area (Å²) in [7, 11) is 0. The number of benzene rings is 2. The lowest BCUT2D eigenvalue weighted by atomic mass is 9.68. The molecule has 2 aromatic rings. The van der Waals surface area contributed by atoms with Gasteiger partial charge in [0, 0.05) is 14.9 Å². The van der Waals surface area contributed by atoms with Crippen LogP contribution in [0, 0.1) is 5.41 Å². The molecule has 0 spiro atoms. The molecule has 0 unspecified atom stereocenters. The van der Waals surface area contributed by atoms with Gasteiger partial charge in [0.15, 0.2) is 0 Å². The molecule has 0 saturated heterocycles. The van der Waals surface area contributed by atoms with Crippen molar-refractivity contribution in [2.24, 2.45) is 5.41 Å². The summed E-state index contributed by atoms with van der Waals surface area (Å²) in [6.45, 7) is 9.33. The van der Waals surface area contributed by atoms with Crippen LogP contribution < -0.4 is 0 Å². The molecule has 0 heterocycles. The first-order chi connectivity index (χ1) is 11.8. The van der Waals surface area contributed by atoms with Crippen LogP contribution in [0.4, 0.5) is 0 Å². The number of fused-ring (bicyclic) bond motifs is 3. The summed E-state index contributed by atoms with van der Waals surface area (Å²) in [5.74, 6) is 0.373. The Balaban J connectivity index is 1.91. The van der Waals surface area contributed by atoms with Crippen molar-refractivity contribution < 1.29 is 0 Å². The van der Waals surface area contributed by atoms with Crippen molar-refractivity contribution >= 4 is 31.9 Å². The van der Waals surface area contributed by atoms with Gasteiger partial charge in [-0.1, -0.05) is 80.6 Å². The number of halogens is 2. The second-order valence-electron chi connectivity index (χ2n) is 7.93. The maximum absolute atomic E-state index is 3.69. The zero-order valence-corrected chi connectivity index (χ0v) is 18.3. The maximum Gasteiger partial charge on any atom is 0.0191 e. The van der Waals surface area contributed by atoms with Gasteiger partial charge in [-0.15, -0.1) is 0 Å². The second kappa shape index (κ2) is 5.96. The molecule has 0 aromatic heterocycles. The van der Waals surface area contributed by atoms with E-state index in [0.29, 0.717) is 5.92 Å². The van der Waals surface area contributed by atoms with Gasteiger partial charge in [0.2, 0.25) is 0 Å². The Morgan fingerprint density at radius 3 is 1.84 bits per heavy atom. The highest BCUT2D eigenvalue weighted by atomic mass is 79.9. The second-order valence-corrected chi connectivity index (χ2v) is 9.76. The fraction of sp³-hybridized carbons (Fsp3) is 0.304. The molecule has 2 aromatic carbocycles. The molecule has 0 nitrogen and oxygen atoms in total. The quantitative estimate of drug-likeness (QED) is 0.428. The van der Waals surface area contributed by atoms with E-state index < -0.39 is 0 Å². The van der Waals surface area contributed by atoms with Crippen molar-refractivity contribution in [3.63, 3.8) is 0 Å². The summed E-state index contributed by atoms with van der Waals surface area (Å²) in [5, 5.41) is 0. The van der Waals surface area contributed by atoms with E-state index >= 15 is 0 Å². The van der Waals surface area contributed by atoms with E-state index in [1.807, 2.05) is 0 Å². The molecule has 2 heteroatoms. The molecule has 0 atom stereocenters. The highest BCUT2D eigenvalue weighted by Crippen LogP contribution is 2.57. The third kappa shape index (κ3) is 2.69. The Labute approximate surface area is 167 Å². The van der Waals surface area contributed by atoms with Crippen LogP contribution in [-0.4, -0.2) is 0 Å². The predicted octanol–water partition coefficient (Wildman–Crippen LogP) is 8.02. The van der Waals surface area contributed by atoms with Crippen molar-refractivity contribution in [3.8, 4) is 11.1 Å². The predicted molar refractivity (Wildman–Crippen MR) is 114 cm³/mol. The van der Waals surface area contributed by atoms with Gasteiger partial charge in [-0.25, -0.2) is 0 Å². The molecule has 128 valence electrons. The number of allylic oxidation sites excluding steroid dienone is 4. The first kappa shape index (κ1) is 17.3. The fourth-order valence-corrected chi connectivity index (χ4v) is 5.20. The van der Waals surface area contributed by atoms with Gasteiger partial charge >= 0.3 is 0 Å². The Hall–Kier alpha value is -1.12. The van der Waals surface area contributed by atoms with Gasteiger partial charge < -0.3 is 0 Å². The fourth-order valence-electron chi connectivity index (χ4n) is 4.44. The summed E-state index contributed by atoms with van der Waals surface area (Å²) in [6.07, 6.45) is 3.52. The number of hydrogen-bond acceptors (Lipinski definition) is 0. The lowest BCUT2D eigenvalue weighted by Crippen LogP contribution is -2.24. The van der Waals surface area contributed by atoms with Crippen LogP contribution in [-0.2, 0) is 0 Å². The molecule has 2 aliphatic carbocycles. The van der Waals surface area contributed by atoms with Crippen molar-refractivity contribution in [1.29, 1.82) is 0 Å². The largest absolute Gasteiger partial charge is 0.0663 e. The summed E-state index contributed by atoms with van der Waals surface area (Å²) in [4.78, 5) is 0. The lowest BCUT2D eigenvalue weighted by molar-refractivity contribution is 0.387.